The Labute approximate surface area is 326 Å². The number of amides is 3. The molecule has 0 saturated carbocycles. The van der Waals surface area contributed by atoms with Gasteiger partial charge in [-0.1, -0.05) is 12.1 Å². The van der Waals surface area contributed by atoms with E-state index >= 15 is 0 Å². The molecule has 4 aromatic rings. The third kappa shape index (κ3) is 7.94. The van der Waals surface area contributed by atoms with Crippen molar-refractivity contribution in [2.75, 3.05) is 42.9 Å². The lowest BCUT2D eigenvalue weighted by Crippen LogP contribution is -2.61. The van der Waals surface area contributed by atoms with Gasteiger partial charge in [0.25, 0.3) is 0 Å². The summed E-state index contributed by atoms with van der Waals surface area (Å²) in [6.07, 6.45) is 4.08. The van der Waals surface area contributed by atoms with Crippen LogP contribution in [0.15, 0.2) is 48.7 Å². The number of ether oxygens (including phenoxy) is 1. The fraction of sp³-hybridized carbons (Fsp3) is 0.500. The number of likely N-dealkylation sites (tertiary alicyclic amines) is 1. The van der Waals surface area contributed by atoms with Crippen molar-refractivity contribution in [3.05, 3.63) is 71.2 Å². The lowest BCUT2D eigenvalue weighted by atomic mass is 9.92. The number of nitrogens with one attached hydrogen (secondary N) is 2. The van der Waals surface area contributed by atoms with Crippen LogP contribution >= 0.6 is 0 Å². The molecule has 8 rings (SSSR count). The Kier molecular flexibility index (Phi) is 9.97. The standard InChI is InChI=1S/C40H49N9O6S/c1-40(2,3)55-39(52)48-16-13-26-20-41-38(43-33(26)23-48)42-27-7-5-25(6-8-27)24-56(53,54)30-14-17-47(18-15-30)29-21-49(22-29)28-9-10-31-34(19-28)46(4)45-36(31)32-11-12-35(50)44-37(32)51/h5-10,19-20,29-30,32H,11-18,21-24H2,1-4H3,(H,41,42,43)(H,44,50,51). The minimum atomic E-state index is -3.35. The molecule has 4 aliphatic rings. The fourth-order valence-corrected chi connectivity index (χ4v) is 10.0. The molecule has 15 nitrogen and oxygen atoms in total. The first-order chi connectivity index (χ1) is 26.7. The summed E-state index contributed by atoms with van der Waals surface area (Å²) in [6.45, 7) is 9.65. The van der Waals surface area contributed by atoms with Crippen molar-refractivity contribution in [1.82, 2.24) is 34.9 Å². The van der Waals surface area contributed by atoms with Gasteiger partial charge in [0.05, 0.1) is 40.4 Å². The lowest BCUT2D eigenvalue weighted by Gasteiger charge is -2.48. The van der Waals surface area contributed by atoms with Crippen LogP contribution in [0.2, 0.25) is 0 Å². The normalized spacial score (nSPS) is 20.1. The van der Waals surface area contributed by atoms with Gasteiger partial charge in [0.1, 0.15) is 5.60 Å². The number of aromatic nitrogens is 4. The van der Waals surface area contributed by atoms with Gasteiger partial charge in [0, 0.05) is 62.1 Å². The zero-order chi connectivity index (χ0) is 39.4. The molecule has 0 aliphatic carbocycles. The number of aryl methyl sites for hydroxylation is 1. The number of anilines is 3. The number of hydrogen-bond donors (Lipinski definition) is 2. The molecule has 296 valence electrons. The molecule has 1 unspecified atom stereocenters. The number of piperidine rings is 2. The molecule has 0 spiro atoms. The van der Waals surface area contributed by atoms with Crippen LogP contribution in [-0.2, 0) is 49.9 Å². The van der Waals surface area contributed by atoms with Crippen molar-refractivity contribution in [2.45, 2.75) is 88.0 Å². The Morgan fingerprint density at radius 1 is 1.00 bits per heavy atom. The van der Waals surface area contributed by atoms with E-state index in [1.54, 1.807) is 15.8 Å². The van der Waals surface area contributed by atoms with Gasteiger partial charge >= 0.3 is 6.09 Å². The van der Waals surface area contributed by atoms with E-state index < -0.39 is 21.4 Å². The number of imide groups is 1. The molecule has 0 bridgehead atoms. The van der Waals surface area contributed by atoms with Crippen LogP contribution in [0.25, 0.3) is 10.9 Å². The fourth-order valence-electron chi connectivity index (χ4n) is 8.19. The van der Waals surface area contributed by atoms with Gasteiger partial charge in [-0.3, -0.25) is 24.5 Å². The highest BCUT2D eigenvalue weighted by atomic mass is 32.2. The lowest BCUT2D eigenvalue weighted by molar-refractivity contribution is -0.134. The number of nitrogens with zero attached hydrogens (tertiary/aromatic N) is 7. The van der Waals surface area contributed by atoms with Gasteiger partial charge in [-0.2, -0.15) is 5.10 Å². The topological polar surface area (TPSA) is 172 Å². The molecule has 1 atom stereocenters. The van der Waals surface area contributed by atoms with Crippen LogP contribution in [0.1, 0.15) is 74.9 Å². The van der Waals surface area contributed by atoms with E-state index in [0.29, 0.717) is 62.9 Å². The number of carbonyl (C=O) groups excluding carboxylic acids is 3. The maximum Gasteiger partial charge on any atom is 0.410 e. The Hall–Kier alpha value is -5.09. The average molecular weight is 784 g/mol. The highest BCUT2D eigenvalue weighted by Gasteiger charge is 2.38. The first kappa shape index (κ1) is 37.8. The summed E-state index contributed by atoms with van der Waals surface area (Å²) in [5.41, 5.74) is 5.42. The van der Waals surface area contributed by atoms with Gasteiger partial charge in [-0.15, -0.1) is 0 Å². The van der Waals surface area contributed by atoms with Crippen LogP contribution in [0.4, 0.5) is 22.1 Å². The van der Waals surface area contributed by atoms with Gasteiger partial charge in [0.2, 0.25) is 17.8 Å². The second-order valence-corrected chi connectivity index (χ2v) is 18.7. The summed E-state index contributed by atoms with van der Waals surface area (Å²) in [5, 5.41) is 10.9. The third-order valence-corrected chi connectivity index (χ3v) is 13.6. The van der Waals surface area contributed by atoms with Gasteiger partial charge in [-0.25, -0.2) is 23.2 Å². The quantitative estimate of drug-likeness (QED) is 0.245. The van der Waals surface area contributed by atoms with Gasteiger partial charge < -0.3 is 19.9 Å². The van der Waals surface area contributed by atoms with Crippen molar-refractivity contribution in [1.29, 1.82) is 0 Å². The molecule has 16 heteroatoms. The summed E-state index contributed by atoms with van der Waals surface area (Å²) in [7, 11) is -1.47. The summed E-state index contributed by atoms with van der Waals surface area (Å²) >= 11 is 0. The summed E-state index contributed by atoms with van der Waals surface area (Å²) in [6, 6.07) is 13.9. The number of rotatable bonds is 8. The molecule has 0 radical (unpaired) electrons. The molecule has 2 N–H and O–H groups in total. The minimum Gasteiger partial charge on any atom is -0.444 e. The minimum absolute atomic E-state index is 0.00720. The van der Waals surface area contributed by atoms with E-state index in [1.807, 2.05) is 58.2 Å². The Balaban J connectivity index is 0.813. The first-order valence-corrected chi connectivity index (χ1v) is 21.1. The van der Waals surface area contributed by atoms with Crippen LogP contribution in [-0.4, -0.2) is 105 Å². The first-order valence-electron chi connectivity index (χ1n) is 19.4. The molecule has 3 amide bonds. The van der Waals surface area contributed by atoms with Crippen molar-refractivity contribution in [3.63, 3.8) is 0 Å². The number of fused-ring (bicyclic) bond motifs is 2. The second-order valence-electron chi connectivity index (χ2n) is 16.5. The van der Waals surface area contributed by atoms with E-state index in [2.05, 4.69) is 47.6 Å². The zero-order valence-corrected chi connectivity index (χ0v) is 33.1. The van der Waals surface area contributed by atoms with Crippen LogP contribution < -0.4 is 15.5 Å². The average Bonchev–Trinajstić information content (AvgIpc) is 3.46. The predicted octanol–water partition coefficient (Wildman–Crippen LogP) is 4.19. The Morgan fingerprint density at radius 3 is 2.46 bits per heavy atom. The van der Waals surface area contributed by atoms with Gasteiger partial charge in [0.15, 0.2) is 9.84 Å². The van der Waals surface area contributed by atoms with Crippen molar-refractivity contribution >= 4 is 56.0 Å². The third-order valence-electron chi connectivity index (χ3n) is 11.3. The smallest absolute Gasteiger partial charge is 0.410 e. The molecular formula is C40H49N9O6S. The summed E-state index contributed by atoms with van der Waals surface area (Å²) < 4.78 is 34.4. The molecule has 3 saturated heterocycles. The van der Waals surface area contributed by atoms with E-state index in [9.17, 15) is 22.8 Å². The van der Waals surface area contributed by atoms with Crippen molar-refractivity contribution < 1.29 is 27.5 Å². The number of carbonyl (C=O) groups is 3. The van der Waals surface area contributed by atoms with Crippen LogP contribution in [0.3, 0.4) is 0 Å². The number of hydrogen-bond acceptors (Lipinski definition) is 12. The zero-order valence-electron chi connectivity index (χ0n) is 32.3. The van der Waals surface area contributed by atoms with Gasteiger partial charge in [-0.05, 0) is 101 Å². The van der Waals surface area contributed by atoms with Crippen LogP contribution in [0.5, 0.6) is 0 Å². The van der Waals surface area contributed by atoms with E-state index in [-0.39, 0.29) is 28.9 Å². The Morgan fingerprint density at radius 2 is 1.75 bits per heavy atom. The maximum atomic E-state index is 13.5. The second kappa shape index (κ2) is 14.8. The van der Waals surface area contributed by atoms with Crippen molar-refractivity contribution in [2.24, 2.45) is 7.05 Å². The molecule has 2 aromatic heterocycles. The monoisotopic (exact) mass is 783 g/mol. The maximum absolute atomic E-state index is 13.5. The highest BCUT2D eigenvalue weighted by molar-refractivity contribution is 7.91. The SMILES string of the molecule is Cn1nc(C2CCC(=O)NC2=O)c2ccc(N3CC(N4CCC(S(=O)(=O)Cc5ccc(Nc6ncc7c(n6)CN(C(=O)OC(C)(C)C)CC7)cc5)CC4)C3)cc21. The van der Waals surface area contributed by atoms with E-state index in [1.165, 1.54) is 0 Å². The summed E-state index contributed by atoms with van der Waals surface area (Å²) in [4.78, 5) is 52.3. The van der Waals surface area contributed by atoms with E-state index in [4.69, 9.17) is 4.74 Å². The molecule has 2 aromatic carbocycles. The molecule has 56 heavy (non-hydrogen) atoms. The number of sulfone groups is 1. The summed E-state index contributed by atoms with van der Waals surface area (Å²) in [5.74, 6) is -0.557. The molecular weight excluding hydrogens is 735 g/mol. The van der Waals surface area contributed by atoms with Crippen LogP contribution in [0, 0.1) is 0 Å². The molecule has 6 heterocycles. The predicted molar refractivity (Wildman–Crippen MR) is 211 cm³/mol. The highest BCUT2D eigenvalue weighted by Crippen LogP contribution is 2.34. The largest absolute Gasteiger partial charge is 0.444 e. The molecule has 4 aliphatic heterocycles. The van der Waals surface area contributed by atoms with Crippen molar-refractivity contribution in [3.8, 4) is 0 Å². The van der Waals surface area contributed by atoms with E-state index in [0.717, 1.165) is 65.3 Å². The Bertz CT molecular complexity index is 2270. The number of benzene rings is 2. The molecule has 3 fully saturated rings.